The first kappa shape index (κ1) is 24.6. The van der Waals surface area contributed by atoms with Crippen LogP contribution in [0.5, 0.6) is 0 Å². The minimum absolute atomic E-state index is 0.0137. The molecule has 9 heteroatoms. The van der Waals surface area contributed by atoms with Gasteiger partial charge in [-0.2, -0.15) is 0 Å². The summed E-state index contributed by atoms with van der Waals surface area (Å²) in [7, 11) is -4.41. The van der Waals surface area contributed by atoms with Crippen molar-refractivity contribution >= 4 is 19.4 Å². The Bertz CT molecular complexity index is 935. The van der Waals surface area contributed by atoms with Gasteiger partial charge in [0.2, 0.25) is 0 Å². The number of hydrogen-bond donors (Lipinski definition) is 2. The van der Waals surface area contributed by atoms with Crippen LogP contribution in [-0.4, -0.2) is 24.0 Å². The minimum Gasteiger partial charge on any atom is -0.798 e. The van der Waals surface area contributed by atoms with Gasteiger partial charge in [0.15, 0.2) is 0 Å². The number of quaternary nitrogens is 1. The number of nitrogens with one attached hydrogen (secondary N) is 1. The molecule has 0 saturated carbocycles. The van der Waals surface area contributed by atoms with Crippen LogP contribution < -0.4 is 21.1 Å². The van der Waals surface area contributed by atoms with Crippen LogP contribution in [0.4, 0.5) is 4.79 Å². The van der Waals surface area contributed by atoms with Crippen LogP contribution in [0.3, 0.4) is 0 Å². The SMILES string of the molecule is CC(C)[C@H](NC(=O)OCc1ccccc1)P(=O)([O-])C[C@H](C(=O)[O-])c1cccc(C[NH3+])c1. The normalized spacial score (nSPS) is 15.0. The molecule has 2 aromatic carbocycles. The van der Waals surface area contributed by atoms with E-state index in [1.807, 2.05) is 6.07 Å². The number of rotatable bonds is 10. The molecule has 168 valence electrons. The summed E-state index contributed by atoms with van der Waals surface area (Å²) in [5.74, 6) is -4.64. The average Bonchev–Trinajstić information content (AvgIpc) is 2.74. The highest BCUT2D eigenvalue weighted by molar-refractivity contribution is 7.57. The Hall–Kier alpha value is -2.67. The van der Waals surface area contributed by atoms with Gasteiger partial charge in [0.25, 0.3) is 0 Å². The highest BCUT2D eigenvalue weighted by Crippen LogP contribution is 2.47. The summed E-state index contributed by atoms with van der Waals surface area (Å²) in [6, 6.07) is 15.6. The lowest BCUT2D eigenvalue weighted by molar-refractivity contribution is -0.386. The Balaban J connectivity index is 2.14. The lowest BCUT2D eigenvalue weighted by Crippen LogP contribution is -2.47. The molecule has 4 N–H and O–H groups in total. The van der Waals surface area contributed by atoms with Crippen LogP contribution >= 0.6 is 7.37 Å². The summed E-state index contributed by atoms with van der Waals surface area (Å²) in [4.78, 5) is 37.1. The Labute approximate surface area is 181 Å². The maximum Gasteiger partial charge on any atom is 0.408 e. The van der Waals surface area contributed by atoms with Crippen molar-refractivity contribution in [2.24, 2.45) is 5.92 Å². The molecule has 0 aliphatic rings. The first-order valence-electron chi connectivity index (χ1n) is 10.00. The molecule has 8 nitrogen and oxygen atoms in total. The van der Waals surface area contributed by atoms with E-state index in [2.05, 4.69) is 11.1 Å². The van der Waals surface area contributed by atoms with Crippen LogP contribution in [0.25, 0.3) is 0 Å². The average molecular weight is 447 g/mol. The minimum atomic E-state index is -4.41. The van der Waals surface area contributed by atoms with Gasteiger partial charge < -0.3 is 35.1 Å². The van der Waals surface area contributed by atoms with Crippen molar-refractivity contribution in [1.29, 1.82) is 0 Å². The molecule has 0 fully saturated rings. The zero-order valence-electron chi connectivity index (χ0n) is 17.7. The van der Waals surface area contributed by atoms with E-state index in [1.165, 1.54) is 0 Å². The summed E-state index contributed by atoms with van der Waals surface area (Å²) in [5.41, 5.74) is 5.62. The molecule has 0 heterocycles. The Morgan fingerprint density at radius 3 is 2.32 bits per heavy atom. The fourth-order valence-corrected chi connectivity index (χ4v) is 5.56. The Kier molecular flexibility index (Phi) is 8.80. The smallest absolute Gasteiger partial charge is 0.408 e. The molecule has 1 unspecified atom stereocenters. The largest absolute Gasteiger partial charge is 0.798 e. The van der Waals surface area contributed by atoms with Crippen molar-refractivity contribution in [3.05, 3.63) is 71.3 Å². The topological polar surface area (TPSA) is 146 Å². The number of ether oxygens (including phenoxy) is 1. The van der Waals surface area contributed by atoms with Crippen LogP contribution in [0, 0.1) is 5.92 Å². The Morgan fingerprint density at radius 2 is 1.74 bits per heavy atom. The third-order valence-electron chi connectivity index (χ3n) is 4.90. The third kappa shape index (κ3) is 7.21. The van der Waals surface area contributed by atoms with E-state index < -0.39 is 43.2 Å². The Morgan fingerprint density at radius 1 is 1.10 bits per heavy atom. The van der Waals surface area contributed by atoms with Crippen molar-refractivity contribution in [2.75, 3.05) is 6.16 Å². The highest BCUT2D eigenvalue weighted by atomic mass is 31.2. The summed E-state index contributed by atoms with van der Waals surface area (Å²) in [5, 5.41) is 14.1. The van der Waals surface area contributed by atoms with Crippen molar-refractivity contribution in [3.63, 3.8) is 0 Å². The maximum absolute atomic E-state index is 13.1. The molecule has 0 spiro atoms. The van der Waals surface area contributed by atoms with Gasteiger partial charge >= 0.3 is 6.09 Å². The van der Waals surface area contributed by atoms with Gasteiger partial charge in [0, 0.05) is 31.0 Å². The third-order valence-corrected chi connectivity index (χ3v) is 7.34. The van der Waals surface area contributed by atoms with E-state index in [4.69, 9.17) is 4.74 Å². The molecule has 0 radical (unpaired) electrons. The summed E-state index contributed by atoms with van der Waals surface area (Å²) >= 11 is 0. The number of hydrogen-bond acceptors (Lipinski definition) is 6. The molecule has 31 heavy (non-hydrogen) atoms. The van der Waals surface area contributed by atoms with Gasteiger partial charge in [-0.1, -0.05) is 62.4 Å². The van der Waals surface area contributed by atoms with Crippen LogP contribution in [0.15, 0.2) is 54.6 Å². The lowest BCUT2D eigenvalue weighted by atomic mass is 9.99. The summed E-state index contributed by atoms with van der Waals surface area (Å²) in [6.07, 6.45) is -1.57. The van der Waals surface area contributed by atoms with E-state index in [0.29, 0.717) is 12.1 Å². The quantitative estimate of drug-likeness (QED) is 0.515. The number of benzene rings is 2. The molecule has 0 aromatic heterocycles. The second kappa shape index (κ2) is 11.1. The van der Waals surface area contributed by atoms with E-state index in [1.54, 1.807) is 62.4 Å². The van der Waals surface area contributed by atoms with Crippen LogP contribution in [0.2, 0.25) is 0 Å². The summed E-state index contributed by atoms with van der Waals surface area (Å²) in [6.45, 7) is 3.68. The predicted molar refractivity (Wildman–Crippen MR) is 112 cm³/mol. The van der Waals surface area contributed by atoms with E-state index in [0.717, 1.165) is 11.1 Å². The van der Waals surface area contributed by atoms with Gasteiger partial charge in [0.05, 0.1) is 12.3 Å². The molecular formula is C22H28N2O6P-. The zero-order chi connectivity index (χ0) is 23.0. The molecule has 0 bridgehead atoms. The van der Waals surface area contributed by atoms with E-state index in [9.17, 15) is 24.2 Å². The van der Waals surface area contributed by atoms with Gasteiger partial charge in [-0.25, -0.2) is 4.79 Å². The number of carboxylic acid groups (broad SMARTS) is 1. The first-order valence-corrected chi connectivity index (χ1v) is 11.9. The van der Waals surface area contributed by atoms with E-state index >= 15 is 0 Å². The standard InChI is InChI=1S/C22H29N2O6P/c1-15(2)20(24-22(27)30-13-16-7-4-3-5-8-16)31(28,29)14-19(21(25)26)18-10-6-9-17(11-18)12-23/h3-11,15,19-20H,12-14,23H2,1-2H3,(H,24,27)(H,25,26)(H,28,29)/p-1/t19-,20+/m0/s1. The van der Waals surface area contributed by atoms with Crippen LogP contribution in [0.1, 0.15) is 36.5 Å². The number of carboxylic acids is 1. The monoisotopic (exact) mass is 447 g/mol. The second-order valence-electron chi connectivity index (χ2n) is 7.67. The van der Waals surface area contributed by atoms with Gasteiger partial charge in [0.1, 0.15) is 6.61 Å². The number of carbonyl (C=O) groups is 2. The lowest BCUT2D eigenvalue weighted by Gasteiger charge is -2.38. The fraction of sp³-hybridized carbons (Fsp3) is 0.364. The molecule has 2 rings (SSSR count). The molecule has 0 saturated heterocycles. The van der Waals surface area contributed by atoms with Crippen LogP contribution in [-0.2, 0) is 27.2 Å². The maximum atomic E-state index is 13.1. The van der Waals surface area contributed by atoms with Crippen molar-refractivity contribution in [2.45, 2.75) is 38.7 Å². The van der Waals surface area contributed by atoms with Gasteiger partial charge in [-0.05, 0) is 23.1 Å². The van der Waals surface area contributed by atoms with Crippen molar-refractivity contribution in [3.8, 4) is 0 Å². The number of aliphatic carboxylic acids is 1. The second-order valence-corrected chi connectivity index (χ2v) is 10.0. The number of amides is 1. The van der Waals surface area contributed by atoms with Crippen molar-refractivity contribution < 1.29 is 34.6 Å². The van der Waals surface area contributed by atoms with E-state index in [-0.39, 0.29) is 6.61 Å². The zero-order valence-corrected chi connectivity index (χ0v) is 18.5. The first-order chi connectivity index (χ1) is 14.6. The van der Waals surface area contributed by atoms with Gasteiger partial charge in [-0.15, -0.1) is 0 Å². The molecule has 0 aliphatic carbocycles. The highest BCUT2D eigenvalue weighted by Gasteiger charge is 2.31. The molecule has 0 aliphatic heterocycles. The van der Waals surface area contributed by atoms with Gasteiger partial charge in [-0.3, -0.25) is 0 Å². The molecule has 2 aromatic rings. The molecular weight excluding hydrogens is 419 g/mol. The summed E-state index contributed by atoms with van der Waals surface area (Å²) < 4.78 is 18.2. The van der Waals surface area contributed by atoms with Crippen molar-refractivity contribution in [1.82, 2.24) is 5.32 Å². The number of alkyl carbamates (subject to hydrolysis) is 1. The molecule has 1 amide bonds. The fourth-order valence-electron chi connectivity index (χ4n) is 3.25. The predicted octanol–water partition coefficient (Wildman–Crippen LogP) is 0.809. The molecule has 3 atom stereocenters. The number of carbonyl (C=O) groups excluding carboxylic acids is 2.